The van der Waals surface area contributed by atoms with E-state index in [0.29, 0.717) is 5.69 Å². The van der Waals surface area contributed by atoms with Crippen molar-refractivity contribution in [2.45, 2.75) is 26.3 Å². The molecule has 1 amide bonds. The Balaban J connectivity index is 2.91. The van der Waals surface area contributed by atoms with Gasteiger partial charge in [-0.1, -0.05) is 6.92 Å². The summed E-state index contributed by atoms with van der Waals surface area (Å²) in [6.45, 7) is 3.76. The molecule has 16 heavy (non-hydrogen) atoms. The average Bonchev–Trinajstić information content (AvgIpc) is 2.67. The number of carbonyl (C=O) groups is 1. The molecule has 0 aromatic carbocycles. The van der Waals surface area contributed by atoms with Crippen LogP contribution in [0.3, 0.4) is 0 Å². The molecule has 1 atom stereocenters. The van der Waals surface area contributed by atoms with Gasteiger partial charge in [0.15, 0.2) is 0 Å². The maximum absolute atomic E-state index is 12.0. The zero-order valence-corrected chi connectivity index (χ0v) is 10.3. The predicted octanol–water partition coefficient (Wildman–Crippen LogP) is 0.435. The van der Waals surface area contributed by atoms with Crippen LogP contribution in [-0.4, -0.2) is 45.4 Å². The zero-order valence-electron chi connectivity index (χ0n) is 10.3. The van der Waals surface area contributed by atoms with E-state index in [1.165, 1.54) is 4.90 Å². The molecule has 0 aliphatic heterocycles. The summed E-state index contributed by atoms with van der Waals surface area (Å²) in [5, 5.41) is 13.2. The summed E-state index contributed by atoms with van der Waals surface area (Å²) in [4.78, 5) is 13.6. The van der Waals surface area contributed by atoms with E-state index >= 15 is 0 Å². The Bertz CT molecular complexity index is 373. The van der Waals surface area contributed by atoms with Gasteiger partial charge in [-0.25, -0.2) is 0 Å². The number of carbonyl (C=O) groups excluding carboxylic acids is 1. The first kappa shape index (κ1) is 12.7. The molecule has 0 aliphatic carbocycles. The summed E-state index contributed by atoms with van der Waals surface area (Å²) >= 11 is 0. The Kier molecular flexibility index (Phi) is 4.06. The van der Waals surface area contributed by atoms with Crippen molar-refractivity contribution in [3.8, 4) is 0 Å². The summed E-state index contributed by atoms with van der Waals surface area (Å²) in [7, 11) is 3.44. The molecular formula is C11H19N3O2. The van der Waals surface area contributed by atoms with Crippen molar-refractivity contribution in [2.24, 2.45) is 7.05 Å². The van der Waals surface area contributed by atoms with Gasteiger partial charge in [0.05, 0.1) is 18.3 Å². The topological polar surface area (TPSA) is 58.4 Å². The highest BCUT2D eigenvalue weighted by atomic mass is 16.3. The zero-order chi connectivity index (χ0) is 12.3. The standard InChI is InChI=1S/C11H19N3O2/c1-5-9-6-10(14(4)12-9)11(16)13(3)8(2)7-15/h6,8,15H,5,7H2,1-4H3. The number of aryl methyl sites for hydroxylation is 2. The molecule has 1 rings (SSSR count). The Hall–Kier alpha value is -1.36. The van der Waals surface area contributed by atoms with Gasteiger partial charge in [-0.05, 0) is 19.4 Å². The van der Waals surface area contributed by atoms with Crippen molar-refractivity contribution < 1.29 is 9.90 Å². The molecule has 0 radical (unpaired) electrons. The Labute approximate surface area is 95.7 Å². The summed E-state index contributed by atoms with van der Waals surface area (Å²) in [6, 6.07) is 1.61. The molecule has 90 valence electrons. The van der Waals surface area contributed by atoms with Crippen molar-refractivity contribution in [3.05, 3.63) is 17.5 Å². The number of amides is 1. The van der Waals surface area contributed by atoms with E-state index in [4.69, 9.17) is 5.11 Å². The number of likely N-dealkylation sites (N-methyl/N-ethyl adjacent to an activating group) is 1. The van der Waals surface area contributed by atoms with Crippen molar-refractivity contribution in [2.75, 3.05) is 13.7 Å². The number of nitrogens with zero attached hydrogens (tertiary/aromatic N) is 3. The normalized spacial score (nSPS) is 12.6. The van der Waals surface area contributed by atoms with E-state index in [1.807, 2.05) is 6.92 Å². The SMILES string of the molecule is CCc1cc(C(=O)N(C)C(C)CO)n(C)n1. The third kappa shape index (κ3) is 2.41. The smallest absolute Gasteiger partial charge is 0.272 e. The predicted molar refractivity (Wildman–Crippen MR) is 61.2 cm³/mol. The highest BCUT2D eigenvalue weighted by Crippen LogP contribution is 2.08. The summed E-state index contributed by atoms with van der Waals surface area (Å²) in [6.07, 6.45) is 0.806. The molecule has 1 aromatic heterocycles. The summed E-state index contributed by atoms with van der Waals surface area (Å²) in [5.74, 6) is -0.115. The molecule has 0 spiro atoms. The number of rotatable bonds is 4. The van der Waals surface area contributed by atoms with Crippen LogP contribution in [0.1, 0.15) is 30.0 Å². The second kappa shape index (κ2) is 5.12. The van der Waals surface area contributed by atoms with Crippen LogP contribution in [0.2, 0.25) is 0 Å². The van der Waals surface area contributed by atoms with Gasteiger partial charge in [0.25, 0.3) is 5.91 Å². The molecule has 1 N–H and O–H groups in total. The van der Waals surface area contributed by atoms with Crippen molar-refractivity contribution >= 4 is 5.91 Å². The lowest BCUT2D eigenvalue weighted by molar-refractivity contribution is 0.0671. The van der Waals surface area contributed by atoms with Gasteiger partial charge < -0.3 is 10.0 Å². The van der Waals surface area contributed by atoms with Crippen LogP contribution in [0.15, 0.2) is 6.07 Å². The molecule has 0 aliphatic rings. The lowest BCUT2D eigenvalue weighted by Gasteiger charge is -2.22. The second-order valence-corrected chi connectivity index (χ2v) is 3.95. The average molecular weight is 225 g/mol. The van der Waals surface area contributed by atoms with Crippen LogP contribution >= 0.6 is 0 Å². The first-order valence-corrected chi connectivity index (χ1v) is 5.42. The number of hydrogen-bond acceptors (Lipinski definition) is 3. The van der Waals surface area contributed by atoms with Crippen LogP contribution in [0.5, 0.6) is 0 Å². The minimum atomic E-state index is -0.188. The number of aliphatic hydroxyl groups excluding tert-OH is 1. The quantitative estimate of drug-likeness (QED) is 0.808. The van der Waals surface area contributed by atoms with Gasteiger partial charge in [0.2, 0.25) is 0 Å². The first-order valence-electron chi connectivity index (χ1n) is 5.42. The maximum atomic E-state index is 12.0. The second-order valence-electron chi connectivity index (χ2n) is 3.95. The highest BCUT2D eigenvalue weighted by molar-refractivity contribution is 5.92. The van der Waals surface area contributed by atoms with Crippen molar-refractivity contribution in [1.82, 2.24) is 14.7 Å². The maximum Gasteiger partial charge on any atom is 0.272 e. The molecule has 1 heterocycles. The van der Waals surface area contributed by atoms with Gasteiger partial charge in [0, 0.05) is 14.1 Å². The van der Waals surface area contributed by atoms with Gasteiger partial charge in [0.1, 0.15) is 5.69 Å². The molecule has 5 nitrogen and oxygen atoms in total. The number of hydrogen-bond donors (Lipinski definition) is 1. The highest BCUT2D eigenvalue weighted by Gasteiger charge is 2.20. The lowest BCUT2D eigenvalue weighted by atomic mass is 10.2. The molecule has 0 bridgehead atoms. The molecule has 0 fully saturated rings. The minimum absolute atomic E-state index is 0.0409. The van der Waals surface area contributed by atoms with Crippen LogP contribution in [0.4, 0.5) is 0 Å². The van der Waals surface area contributed by atoms with Crippen LogP contribution in [0, 0.1) is 0 Å². The Morgan fingerprint density at radius 2 is 2.31 bits per heavy atom. The Morgan fingerprint density at radius 3 is 2.75 bits per heavy atom. The van der Waals surface area contributed by atoms with Gasteiger partial charge in [-0.2, -0.15) is 5.10 Å². The van der Waals surface area contributed by atoms with Crippen LogP contribution in [0.25, 0.3) is 0 Å². The molecular weight excluding hydrogens is 206 g/mol. The molecule has 0 saturated carbocycles. The van der Waals surface area contributed by atoms with Gasteiger partial charge >= 0.3 is 0 Å². The van der Waals surface area contributed by atoms with E-state index in [-0.39, 0.29) is 18.6 Å². The fourth-order valence-corrected chi connectivity index (χ4v) is 1.40. The van der Waals surface area contributed by atoms with E-state index in [2.05, 4.69) is 5.10 Å². The fourth-order valence-electron chi connectivity index (χ4n) is 1.40. The summed E-state index contributed by atoms with van der Waals surface area (Å²) in [5.41, 5.74) is 1.45. The molecule has 0 saturated heterocycles. The summed E-state index contributed by atoms with van der Waals surface area (Å²) < 4.78 is 1.59. The number of aromatic nitrogens is 2. The lowest BCUT2D eigenvalue weighted by Crippen LogP contribution is -2.38. The van der Waals surface area contributed by atoms with Crippen LogP contribution < -0.4 is 0 Å². The fraction of sp³-hybridized carbons (Fsp3) is 0.636. The van der Waals surface area contributed by atoms with Crippen molar-refractivity contribution in [1.29, 1.82) is 0 Å². The molecule has 1 aromatic rings. The van der Waals surface area contributed by atoms with Crippen LogP contribution in [-0.2, 0) is 13.5 Å². The monoisotopic (exact) mass is 225 g/mol. The molecule has 5 heteroatoms. The third-order valence-electron chi connectivity index (χ3n) is 2.76. The Morgan fingerprint density at radius 1 is 1.69 bits per heavy atom. The van der Waals surface area contributed by atoms with E-state index in [1.54, 1.807) is 31.8 Å². The largest absolute Gasteiger partial charge is 0.394 e. The van der Waals surface area contributed by atoms with E-state index in [9.17, 15) is 4.79 Å². The van der Waals surface area contributed by atoms with Gasteiger partial charge in [-0.15, -0.1) is 0 Å². The van der Waals surface area contributed by atoms with E-state index < -0.39 is 0 Å². The van der Waals surface area contributed by atoms with Crippen molar-refractivity contribution in [3.63, 3.8) is 0 Å². The number of aliphatic hydroxyl groups is 1. The minimum Gasteiger partial charge on any atom is -0.394 e. The van der Waals surface area contributed by atoms with E-state index in [0.717, 1.165) is 12.1 Å². The first-order chi connectivity index (χ1) is 7.51. The van der Waals surface area contributed by atoms with Gasteiger partial charge in [-0.3, -0.25) is 9.48 Å². The molecule has 1 unspecified atom stereocenters. The third-order valence-corrected chi connectivity index (χ3v) is 2.76.